The SMILES string of the molecule is Cc1nc(CC(C)C)c(C(=O)NCC2=CCNCC2)s1. The fourth-order valence-corrected chi connectivity index (χ4v) is 3.14. The Morgan fingerprint density at radius 3 is 3.00 bits per heavy atom. The summed E-state index contributed by atoms with van der Waals surface area (Å²) >= 11 is 1.50. The summed E-state index contributed by atoms with van der Waals surface area (Å²) in [6, 6.07) is 0. The fraction of sp³-hybridized carbons (Fsp3) is 0.600. The Hall–Kier alpha value is -1.20. The molecule has 0 bridgehead atoms. The van der Waals surface area contributed by atoms with E-state index >= 15 is 0 Å². The molecule has 0 aromatic carbocycles. The lowest BCUT2D eigenvalue weighted by Gasteiger charge is -2.14. The zero-order chi connectivity index (χ0) is 14.5. The van der Waals surface area contributed by atoms with Gasteiger partial charge in [-0.05, 0) is 32.2 Å². The number of thiazole rings is 1. The van der Waals surface area contributed by atoms with E-state index in [1.807, 2.05) is 6.92 Å². The molecule has 0 unspecified atom stereocenters. The Morgan fingerprint density at radius 1 is 1.55 bits per heavy atom. The number of carbonyl (C=O) groups excluding carboxylic acids is 1. The monoisotopic (exact) mass is 293 g/mol. The van der Waals surface area contributed by atoms with Crippen LogP contribution in [0.1, 0.15) is 40.6 Å². The van der Waals surface area contributed by atoms with Crippen LogP contribution in [0, 0.1) is 12.8 Å². The molecule has 0 fully saturated rings. The first-order valence-corrected chi connectivity index (χ1v) is 8.01. The molecule has 1 aromatic rings. The molecule has 2 N–H and O–H groups in total. The Bertz CT molecular complexity index is 505. The van der Waals surface area contributed by atoms with Gasteiger partial charge in [-0.15, -0.1) is 11.3 Å². The summed E-state index contributed by atoms with van der Waals surface area (Å²) in [5.41, 5.74) is 2.25. The number of aromatic nitrogens is 1. The average molecular weight is 293 g/mol. The van der Waals surface area contributed by atoms with Crippen LogP contribution < -0.4 is 10.6 Å². The van der Waals surface area contributed by atoms with E-state index in [0.29, 0.717) is 12.5 Å². The summed E-state index contributed by atoms with van der Waals surface area (Å²) in [6.07, 6.45) is 4.04. The number of amides is 1. The van der Waals surface area contributed by atoms with E-state index in [1.165, 1.54) is 16.9 Å². The fourth-order valence-electron chi connectivity index (χ4n) is 2.28. The van der Waals surface area contributed by atoms with Crippen LogP contribution in [0.15, 0.2) is 11.6 Å². The van der Waals surface area contributed by atoms with Gasteiger partial charge in [0.25, 0.3) is 5.91 Å². The van der Waals surface area contributed by atoms with Gasteiger partial charge in [0.2, 0.25) is 0 Å². The predicted molar refractivity (Wildman–Crippen MR) is 83.3 cm³/mol. The highest BCUT2D eigenvalue weighted by Gasteiger charge is 2.17. The van der Waals surface area contributed by atoms with E-state index in [2.05, 4.69) is 35.5 Å². The van der Waals surface area contributed by atoms with Gasteiger partial charge in [-0.2, -0.15) is 0 Å². The first-order valence-electron chi connectivity index (χ1n) is 7.19. The Labute approximate surface area is 124 Å². The van der Waals surface area contributed by atoms with Crippen molar-refractivity contribution in [3.8, 4) is 0 Å². The van der Waals surface area contributed by atoms with E-state index in [-0.39, 0.29) is 5.91 Å². The molecule has 2 heterocycles. The highest BCUT2D eigenvalue weighted by Crippen LogP contribution is 2.20. The van der Waals surface area contributed by atoms with Gasteiger partial charge in [-0.1, -0.05) is 25.5 Å². The Balaban J connectivity index is 1.99. The minimum atomic E-state index is 0.0192. The molecule has 0 spiro atoms. The summed E-state index contributed by atoms with van der Waals surface area (Å²) in [4.78, 5) is 17.6. The zero-order valence-electron chi connectivity index (χ0n) is 12.5. The first-order chi connectivity index (χ1) is 9.56. The van der Waals surface area contributed by atoms with Gasteiger partial charge in [0.05, 0.1) is 10.7 Å². The molecular weight excluding hydrogens is 270 g/mol. The second-order valence-corrected chi connectivity index (χ2v) is 6.81. The van der Waals surface area contributed by atoms with Gasteiger partial charge in [-0.25, -0.2) is 4.98 Å². The normalized spacial score (nSPS) is 15.3. The number of nitrogens with one attached hydrogen (secondary N) is 2. The number of rotatable bonds is 5. The van der Waals surface area contributed by atoms with Gasteiger partial charge in [0, 0.05) is 13.1 Å². The van der Waals surface area contributed by atoms with E-state index in [4.69, 9.17) is 0 Å². The van der Waals surface area contributed by atoms with Crippen molar-refractivity contribution < 1.29 is 4.79 Å². The lowest BCUT2D eigenvalue weighted by atomic mass is 10.1. The van der Waals surface area contributed by atoms with Crippen molar-refractivity contribution in [1.82, 2.24) is 15.6 Å². The molecule has 0 radical (unpaired) electrons. The van der Waals surface area contributed by atoms with Crippen LogP contribution in [0.5, 0.6) is 0 Å². The van der Waals surface area contributed by atoms with Crippen molar-refractivity contribution in [2.75, 3.05) is 19.6 Å². The zero-order valence-corrected chi connectivity index (χ0v) is 13.3. The average Bonchev–Trinajstić information content (AvgIpc) is 2.77. The maximum absolute atomic E-state index is 12.3. The molecule has 4 nitrogen and oxygen atoms in total. The second kappa shape index (κ2) is 6.99. The number of carbonyl (C=O) groups is 1. The Morgan fingerprint density at radius 2 is 2.35 bits per heavy atom. The number of nitrogens with zero attached hydrogens (tertiary/aromatic N) is 1. The highest BCUT2D eigenvalue weighted by atomic mass is 32.1. The minimum Gasteiger partial charge on any atom is -0.348 e. The number of hydrogen-bond donors (Lipinski definition) is 2. The Kier molecular flexibility index (Phi) is 5.31. The topological polar surface area (TPSA) is 54.0 Å². The third kappa shape index (κ3) is 4.15. The summed E-state index contributed by atoms with van der Waals surface area (Å²) in [5.74, 6) is 0.529. The van der Waals surface area contributed by atoms with Crippen molar-refractivity contribution in [1.29, 1.82) is 0 Å². The summed E-state index contributed by atoms with van der Waals surface area (Å²) < 4.78 is 0. The molecule has 2 rings (SSSR count). The molecule has 1 aliphatic rings. The summed E-state index contributed by atoms with van der Waals surface area (Å²) in [7, 11) is 0. The van der Waals surface area contributed by atoms with Gasteiger partial charge in [0.1, 0.15) is 4.88 Å². The minimum absolute atomic E-state index is 0.0192. The molecule has 110 valence electrons. The van der Waals surface area contributed by atoms with Gasteiger partial charge < -0.3 is 10.6 Å². The van der Waals surface area contributed by atoms with Crippen LogP contribution in [0.25, 0.3) is 0 Å². The molecule has 20 heavy (non-hydrogen) atoms. The smallest absolute Gasteiger partial charge is 0.263 e. The molecule has 0 saturated heterocycles. The van der Waals surface area contributed by atoms with E-state index in [1.54, 1.807) is 0 Å². The second-order valence-electron chi connectivity index (χ2n) is 5.61. The van der Waals surface area contributed by atoms with E-state index in [9.17, 15) is 4.79 Å². The maximum Gasteiger partial charge on any atom is 0.263 e. The van der Waals surface area contributed by atoms with Gasteiger partial charge >= 0.3 is 0 Å². The van der Waals surface area contributed by atoms with E-state index < -0.39 is 0 Å². The molecule has 1 aromatic heterocycles. The maximum atomic E-state index is 12.3. The molecular formula is C15H23N3OS. The van der Waals surface area contributed by atoms with E-state index in [0.717, 1.165) is 41.5 Å². The largest absolute Gasteiger partial charge is 0.348 e. The highest BCUT2D eigenvalue weighted by molar-refractivity contribution is 7.13. The van der Waals surface area contributed by atoms with Crippen LogP contribution in [-0.4, -0.2) is 30.5 Å². The first kappa shape index (κ1) is 15.2. The summed E-state index contributed by atoms with van der Waals surface area (Å²) in [6.45, 7) is 8.81. The van der Waals surface area contributed by atoms with Gasteiger partial charge in [0.15, 0.2) is 0 Å². The third-order valence-electron chi connectivity index (χ3n) is 3.25. The quantitative estimate of drug-likeness (QED) is 0.819. The molecule has 0 aliphatic carbocycles. The standard InChI is InChI=1S/C15H23N3OS/c1-10(2)8-13-14(20-11(3)18-13)15(19)17-9-12-4-6-16-7-5-12/h4,10,16H,5-9H2,1-3H3,(H,17,19). The lowest BCUT2D eigenvalue weighted by Crippen LogP contribution is -2.29. The summed E-state index contributed by atoms with van der Waals surface area (Å²) in [5, 5.41) is 7.27. The molecule has 1 aliphatic heterocycles. The molecule has 5 heteroatoms. The van der Waals surface area contributed by atoms with Crippen molar-refractivity contribution in [3.63, 3.8) is 0 Å². The third-order valence-corrected chi connectivity index (χ3v) is 4.26. The van der Waals surface area contributed by atoms with Crippen LogP contribution in [0.2, 0.25) is 0 Å². The van der Waals surface area contributed by atoms with Crippen LogP contribution in [0.4, 0.5) is 0 Å². The number of hydrogen-bond acceptors (Lipinski definition) is 4. The van der Waals surface area contributed by atoms with Crippen molar-refractivity contribution in [2.45, 2.75) is 33.6 Å². The molecule has 0 saturated carbocycles. The van der Waals surface area contributed by atoms with Crippen LogP contribution >= 0.6 is 11.3 Å². The van der Waals surface area contributed by atoms with Crippen molar-refractivity contribution in [2.24, 2.45) is 5.92 Å². The predicted octanol–water partition coefficient (Wildman–Crippen LogP) is 2.30. The van der Waals surface area contributed by atoms with Crippen molar-refractivity contribution >= 4 is 17.2 Å². The number of aryl methyl sites for hydroxylation is 1. The lowest BCUT2D eigenvalue weighted by molar-refractivity contribution is 0.0959. The van der Waals surface area contributed by atoms with Gasteiger partial charge in [-0.3, -0.25) is 4.79 Å². The van der Waals surface area contributed by atoms with Crippen LogP contribution in [0.3, 0.4) is 0 Å². The molecule has 0 atom stereocenters. The van der Waals surface area contributed by atoms with Crippen molar-refractivity contribution in [3.05, 3.63) is 27.2 Å². The molecule has 1 amide bonds. The van der Waals surface area contributed by atoms with Crippen LogP contribution in [-0.2, 0) is 6.42 Å².